The number of rotatable bonds is 27. The Morgan fingerprint density at radius 3 is 1.95 bits per heavy atom. The van der Waals surface area contributed by atoms with Crippen LogP contribution >= 0.6 is 11.3 Å². The maximum absolute atomic E-state index is 11.9. The zero-order valence-corrected chi connectivity index (χ0v) is 24.9. The average molecular weight is 542 g/mol. The third-order valence-corrected chi connectivity index (χ3v) is 7.49. The molecule has 0 fully saturated rings. The van der Waals surface area contributed by atoms with Crippen LogP contribution in [0.5, 0.6) is 0 Å². The van der Waals surface area contributed by atoms with Crippen molar-refractivity contribution in [2.24, 2.45) is 0 Å². The molecule has 1 aromatic heterocycles. The van der Waals surface area contributed by atoms with Gasteiger partial charge in [0.05, 0.1) is 12.0 Å². The van der Waals surface area contributed by atoms with Crippen LogP contribution in [-0.4, -0.2) is 45.7 Å². The number of hydrogen-bond acceptors (Lipinski definition) is 5. The number of alkyl carbamates (subject to hydrolysis) is 1. The van der Waals surface area contributed by atoms with Crippen molar-refractivity contribution < 1.29 is 23.6 Å². The minimum Gasteiger partial charge on any atom is -0.447 e. The lowest BCUT2D eigenvalue weighted by Gasteiger charge is -2.16. The Labute approximate surface area is 231 Å². The fourth-order valence-corrected chi connectivity index (χ4v) is 5.00. The number of carbonyl (C=O) groups excluding carboxylic acids is 1. The first-order chi connectivity index (χ1) is 18.3. The van der Waals surface area contributed by atoms with Crippen molar-refractivity contribution in [3.05, 3.63) is 17.1 Å². The van der Waals surface area contributed by atoms with Gasteiger partial charge in [0.1, 0.15) is 19.3 Å². The van der Waals surface area contributed by atoms with Crippen molar-refractivity contribution in [1.82, 2.24) is 5.32 Å². The Morgan fingerprint density at radius 1 is 0.811 bits per heavy atom. The molecule has 1 rings (SSSR count). The summed E-state index contributed by atoms with van der Waals surface area (Å²) in [4.78, 5) is 11.9. The molecule has 1 unspecified atom stereocenters. The molecule has 0 aliphatic carbocycles. The van der Waals surface area contributed by atoms with E-state index in [-0.39, 0.29) is 18.8 Å². The third-order valence-electron chi connectivity index (χ3n) is 6.82. The number of amides is 1. The van der Waals surface area contributed by atoms with Gasteiger partial charge in [-0.3, -0.25) is 0 Å². The molecule has 216 valence electrons. The monoisotopic (exact) mass is 541 g/mol. The molecule has 1 atom stereocenters. The van der Waals surface area contributed by atoms with Gasteiger partial charge in [0.25, 0.3) is 0 Å². The third kappa shape index (κ3) is 22.5. The first-order valence-electron chi connectivity index (χ1n) is 15.2. The van der Waals surface area contributed by atoms with E-state index in [4.69, 9.17) is 14.2 Å². The Morgan fingerprint density at radius 2 is 1.41 bits per heavy atom. The molecule has 0 aliphatic rings. The second-order valence-corrected chi connectivity index (χ2v) is 11.0. The molecule has 0 aliphatic heterocycles. The van der Waals surface area contributed by atoms with E-state index in [1.807, 2.05) is 0 Å². The molecule has 1 aromatic rings. The van der Waals surface area contributed by atoms with Crippen LogP contribution in [0.1, 0.15) is 122 Å². The predicted octanol–water partition coefficient (Wildman–Crippen LogP) is 7.84. The average Bonchev–Trinajstić information content (AvgIpc) is 3.43. The highest BCUT2D eigenvalue weighted by atomic mass is 32.1. The summed E-state index contributed by atoms with van der Waals surface area (Å²) in [5.74, 6) is 0. The zero-order chi connectivity index (χ0) is 26.7. The second-order valence-electron chi connectivity index (χ2n) is 10.2. The summed E-state index contributed by atoms with van der Waals surface area (Å²) >= 11 is 1.71. The SMILES string of the molecule is CCCCCCCCCCCCCCCCCCNC(=O)OCC(COCCCC[n+]1ccsc1)OC. The maximum Gasteiger partial charge on any atom is 0.407 e. The van der Waals surface area contributed by atoms with E-state index in [1.165, 1.54) is 89.9 Å². The highest BCUT2D eigenvalue weighted by Crippen LogP contribution is 2.13. The molecule has 0 bridgehead atoms. The van der Waals surface area contributed by atoms with Crippen molar-refractivity contribution in [2.45, 2.75) is 135 Å². The number of unbranched alkanes of at least 4 members (excludes halogenated alkanes) is 16. The Balaban J connectivity index is 1.80. The quantitative estimate of drug-likeness (QED) is 0.0910. The molecule has 6 nitrogen and oxygen atoms in total. The topological polar surface area (TPSA) is 60.7 Å². The molecule has 0 saturated carbocycles. The van der Waals surface area contributed by atoms with Crippen LogP contribution in [0.3, 0.4) is 0 Å². The summed E-state index contributed by atoms with van der Waals surface area (Å²) in [6.07, 6.45) is 25.2. The van der Waals surface area contributed by atoms with Crippen molar-refractivity contribution in [1.29, 1.82) is 0 Å². The van der Waals surface area contributed by atoms with Gasteiger partial charge in [-0.2, -0.15) is 4.57 Å². The van der Waals surface area contributed by atoms with Crippen molar-refractivity contribution >= 4 is 17.4 Å². The van der Waals surface area contributed by atoms with Crippen molar-refractivity contribution in [2.75, 3.05) is 33.5 Å². The van der Waals surface area contributed by atoms with Gasteiger partial charge in [0.2, 0.25) is 5.51 Å². The van der Waals surface area contributed by atoms with E-state index in [9.17, 15) is 4.79 Å². The molecule has 1 N–H and O–H groups in total. The van der Waals surface area contributed by atoms with Gasteiger partial charge in [-0.05, 0) is 12.8 Å². The summed E-state index contributed by atoms with van der Waals surface area (Å²) in [6, 6.07) is 0. The smallest absolute Gasteiger partial charge is 0.407 e. The van der Waals surface area contributed by atoms with Crippen LogP contribution in [-0.2, 0) is 20.8 Å². The Hall–Kier alpha value is -1.18. The largest absolute Gasteiger partial charge is 0.447 e. The van der Waals surface area contributed by atoms with Gasteiger partial charge in [-0.25, -0.2) is 4.79 Å². The minimum atomic E-state index is -0.365. The molecule has 1 amide bonds. The van der Waals surface area contributed by atoms with Crippen LogP contribution in [0.15, 0.2) is 17.1 Å². The number of hydrogen-bond donors (Lipinski definition) is 1. The van der Waals surface area contributed by atoms with Gasteiger partial charge in [-0.1, -0.05) is 115 Å². The lowest BCUT2D eigenvalue weighted by molar-refractivity contribution is -0.692. The Bertz CT molecular complexity index is 600. The van der Waals surface area contributed by atoms with E-state index < -0.39 is 0 Å². The normalized spacial score (nSPS) is 12.1. The van der Waals surface area contributed by atoms with Crippen LogP contribution in [0.25, 0.3) is 0 Å². The molecular formula is C30H57N2O4S+. The van der Waals surface area contributed by atoms with E-state index in [0.29, 0.717) is 19.8 Å². The van der Waals surface area contributed by atoms with Crippen LogP contribution in [0.4, 0.5) is 4.79 Å². The summed E-state index contributed by atoms with van der Waals surface area (Å²) in [5, 5.41) is 4.93. The molecule has 0 aromatic carbocycles. The fourth-order valence-electron chi connectivity index (χ4n) is 4.37. The van der Waals surface area contributed by atoms with Gasteiger partial charge in [-0.15, -0.1) is 0 Å². The molecule has 0 spiro atoms. The number of carbonyl (C=O) groups is 1. The number of methoxy groups -OCH3 is 1. The first kappa shape index (κ1) is 33.8. The zero-order valence-electron chi connectivity index (χ0n) is 24.1. The number of nitrogens with zero attached hydrogens (tertiary/aromatic N) is 1. The summed E-state index contributed by atoms with van der Waals surface area (Å²) in [7, 11) is 1.62. The molecule has 0 radical (unpaired) electrons. The lowest BCUT2D eigenvalue weighted by atomic mass is 10.0. The fraction of sp³-hybridized carbons (Fsp3) is 0.867. The van der Waals surface area contributed by atoms with Crippen LogP contribution < -0.4 is 9.88 Å². The first-order valence-corrected chi connectivity index (χ1v) is 16.1. The van der Waals surface area contributed by atoms with E-state index in [2.05, 4.69) is 33.9 Å². The highest BCUT2D eigenvalue weighted by molar-refractivity contribution is 7.07. The maximum atomic E-state index is 11.9. The number of aryl methyl sites for hydroxylation is 1. The number of nitrogens with one attached hydrogen (secondary N) is 1. The standard InChI is InChI=1S/C30H56N2O4S/c1-3-4-5-6-7-8-9-10-11-12-13-14-15-16-17-18-21-31-30(33)36-27-29(34-2)26-35-24-20-19-22-32-23-25-37-28-32/h23,25,28-29H,3-22,24,26-27H2,1-2H3/p+1. The van der Waals surface area contributed by atoms with Crippen molar-refractivity contribution in [3.8, 4) is 0 Å². The van der Waals surface area contributed by atoms with Gasteiger partial charge >= 0.3 is 6.09 Å². The predicted molar refractivity (Wildman–Crippen MR) is 154 cm³/mol. The van der Waals surface area contributed by atoms with Crippen LogP contribution in [0.2, 0.25) is 0 Å². The van der Waals surface area contributed by atoms with Gasteiger partial charge < -0.3 is 19.5 Å². The van der Waals surface area contributed by atoms with Gasteiger partial charge in [0.15, 0.2) is 6.20 Å². The van der Waals surface area contributed by atoms with E-state index in [0.717, 1.165) is 32.2 Å². The molecule has 37 heavy (non-hydrogen) atoms. The van der Waals surface area contributed by atoms with E-state index in [1.54, 1.807) is 18.4 Å². The number of ether oxygens (including phenoxy) is 3. The highest BCUT2D eigenvalue weighted by Gasteiger charge is 2.11. The number of thiazole rings is 1. The Kier molecular flexibility index (Phi) is 24.2. The lowest BCUT2D eigenvalue weighted by Crippen LogP contribution is -2.31. The van der Waals surface area contributed by atoms with E-state index >= 15 is 0 Å². The van der Waals surface area contributed by atoms with Gasteiger partial charge in [0, 0.05) is 26.7 Å². The van der Waals surface area contributed by atoms with Crippen molar-refractivity contribution in [3.63, 3.8) is 0 Å². The molecular weight excluding hydrogens is 484 g/mol. The van der Waals surface area contributed by atoms with Crippen LogP contribution in [0, 0.1) is 0 Å². The second kappa shape index (κ2) is 26.4. The molecule has 0 saturated heterocycles. The summed E-state index contributed by atoms with van der Waals surface area (Å²) in [5.41, 5.74) is 2.12. The summed E-state index contributed by atoms with van der Waals surface area (Å²) < 4.78 is 18.5. The summed E-state index contributed by atoms with van der Waals surface area (Å²) in [6.45, 7) is 5.32. The minimum absolute atomic E-state index is 0.214. The molecule has 1 heterocycles. The number of aromatic nitrogens is 1. The molecule has 7 heteroatoms.